The lowest BCUT2D eigenvalue weighted by Gasteiger charge is -2.26. The standard InChI is InChI=1S/C13H15N3O4S2/c1-15-22(19,20)13-8-6-12(7-9-13)16(21(17)18)11-4-2-10(14)3-5-11/h2-9,15H,14H2,1H3,(H,17,18)/p-1. The highest BCUT2D eigenvalue weighted by atomic mass is 32.2. The summed E-state index contributed by atoms with van der Waals surface area (Å²) in [4.78, 5) is 0.0488. The molecule has 0 aromatic heterocycles. The van der Waals surface area contributed by atoms with Gasteiger partial charge in [-0.05, 0) is 55.6 Å². The number of nitrogen functional groups attached to an aromatic ring is 1. The number of hydrogen-bond acceptors (Lipinski definition) is 5. The van der Waals surface area contributed by atoms with Crippen LogP contribution in [0.15, 0.2) is 53.4 Å². The molecule has 0 radical (unpaired) electrons. The molecule has 3 N–H and O–H groups in total. The molecule has 2 aromatic carbocycles. The highest BCUT2D eigenvalue weighted by molar-refractivity contribution is 7.89. The third-order valence-electron chi connectivity index (χ3n) is 2.93. The number of sulfonamides is 1. The topological polar surface area (TPSA) is 116 Å². The van der Waals surface area contributed by atoms with Crippen molar-refractivity contribution in [1.29, 1.82) is 0 Å². The van der Waals surface area contributed by atoms with Gasteiger partial charge in [-0.15, -0.1) is 0 Å². The first-order valence-corrected chi connectivity index (χ1v) is 8.65. The monoisotopic (exact) mass is 340 g/mol. The second-order valence-electron chi connectivity index (χ2n) is 4.30. The quantitative estimate of drug-likeness (QED) is 0.625. The summed E-state index contributed by atoms with van der Waals surface area (Å²) in [5.74, 6) is 0. The summed E-state index contributed by atoms with van der Waals surface area (Å²) in [6.07, 6.45) is 0. The van der Waals surface area contributed by atoms with Crippen LogP contribution in [-0.2, 0) is 21.3 Å². The summed E-state index contributed by atoms with van der Waals surface area (Å²) in [7, 11) is -2.27. The zero-order chi connectivity index (χ0) is 16.3. The number of rotatable bonds is 5. The maximum atomic E-state index is 11.7. The van der Waals surface area contributed by atoms with Crippen molar-refractivity contribution in [3.8, 4) is 0 Å². The molecule has 0 saturated carbocycles. The molecule has 2 aromatic rings. The fraction of sp³-hybridized carbons (Fsp3) is 0.0769. The molecular formula is C13H14N3O4S2-. The van der Waals surface area contributed by atoms with Gasteiger partial charge in [0.1, 0.15) is 0 Å². The van der Waals surface area contributed by atoms with Gasteiger partial charge in [0.15, 0.2) is 0 Å². The van der Waals surface area contributed by atoms with Crippen molar-refractivity contribution in [3.05, 3.63) is 48.5 Å². The van der Waals surface area contributed by atoms with Gasteiger partial charge in [-0.3, -0.25) is 8.51 Å². The Kier molecular flexibility index (Phi) is 4.81. The van der Waals surface area contributed by atoms with E-state index >= 15 is 0 Å². The van der Waals surface area contributed by atoms with Gasteiger partial charge < -0.3 is 10.3 Å². The molecule has 0 aliphatic rings. The van der Waals surface area contributed by atoms with E-state index in [1.54, 1.807) is 24.3 Å². The van der Waals surface area contributed by atoms with E-state index < -0.39 is 21.3 Å². The van der Waals surface area contributed by atoms with Crippen molar-refractivity contribution in [2.45, 2.75) is 4.90 Å². The Labute approximate surface area is 131 Å². The van der Waals surface area contributed by atoms with Gasteiger partial charge in [0.05, 0.1) is 27.5 Å². The molecule has 0 aliphatic heterocycles. The number of benzene rings is 2. The first kappa shape index (κ1) is 16.4. The highest BCUT2D eigenvalue weighted by Crippen LogP contribution is 2.28. The van der Waals surface area contributed by atoms with Crippen molar-refractivity contribution in [2.75, 3.05) is 17.1 Å². The number of anilines is 3. The number of nitrogens with two attached hydrogens (primary N) is 1. The molecule has 0 heterocycles. The molecule has 0 amide bonds. The molecule has 0 bridgehead atoms. The lowest BCUT2D eigenvalue weighted by molar-refractivity contribution is 0.537. The SMILES string of the molecule is CNS(=O)(=O)c1ccc(N(c2ccc(N)cc2)S(=O)[O-])cc1. The first-order chi connectivity index (χ1) is 10.3. The Morgan fingerprint density at radius 2 is 1.50 bits per heavy atom. The van der Waals surface area contributed by atoms with Crippen LogP contribution in [0, 0.1) is 0 Å². The van der Waals surface area contributed by atoms with E-state index in [0.717, 1.165) is 4.31 Å². The lowest BCUT2D eigenvalue weighted by Crippen LogP contribution is -2.20. The summed E-state index contributed by atoms with van der Waals surface area (Å²) in [6.45, 7) is 0. The van der Waals surface area contributed by atoms with E-state index in [2.05, 4.69) is 4.72 Å². The Hall–Kier alpha value is -1.94. The lowest BCUT2D eigenvalue weighted by atomic mass is 10.2. The minimum Gasteiger partial charge on any atom is -0.755 e. The fourth-order valence-electron chi connectivity index (χ4n) is 1.81. The second-order valence-corrected chi connectivity index (χ2v) is 6.99. The molecule has 9 heteroatoms. The zero-order valence-corrected chi connectivity index (χ0v) is 13.2. The van der Waals surface area contributed by atoms with Gasteiger partial charge in [0, 0.05) is 5.69 Å². The van der Waals surface area contributed by atoms with Crippen LogP contribution >= 0.6 is 0 Å². The molecular weight excluding hydrogens is 326 g/mol. The van der Waals surface area contributed by atoms with E-state index in [4.69, 9.17) is 5.73 Å². The van der Waals surface area contributed by atoms with Crippen LogP contribution in [0.3, 0.4) is 0 Å². The fourth-order valence-corrected chi connectivity index (χ4v) is 3.13. The normalized spacial score (nSPS) is 12.8. The van der Waals surface area contributed by atoms with Crippen molar-refractivity contribution in [2.24, 2.45) is 0 Å². The minimum atomic E-state index is -3.57. The Balaban J connectivity index is 2.42. The van der Waals surface area contributed by atoms with Gasteiger partial charge in [0.25, 0.3) is 0 Å². The van der Waals surface area contributed by atoms with Crippen LogP contribution in [0.1, 0.15) is 0 Å². The molecule has 7 nitrogen and oxygen atoms in total. The number of hydrogen-bond donors (Lipinski definition) is 2. The van der Waals surface area contributed by atoms with Crippen molar-refractivity contribution >= 4 is 38.4 Å². The summed E-state index contributed by atoms with van der Waals surface area (Å²) < 4.78 is 49.5. The van der Waals surface area contributed by atoms with E-state index in [9.17, 15) is 17.2 Å². The number of nitrogens with zero attached hydrogens (tertiary/aromatic N) is 1. The van der Waals surface area contributed by atoms with Crippen molar-refractivity contribution < 1.29 is 17.2 Å². The molecule has 2 rings (SSSR count). The average Bonchev–Trinajstić information content (AvgIpc) is 2.50. The second kappa shape index (κ2) is 6.44. The Morgan fingerprint density at radius 3 is 1.91 bits per heavy atom. The largest absolute Gasteiger partial charge is 0.755 e. The molecule has 0 spiro atoms. The van der Waals surface area contributed by atoms with Crippen LogP contribution in [0.2, 0.25) is 0 Å². The molecule has 118 valence electrons. The van der Waals surface area contributed by atoms with Crippen LogP contribution in [0.5, 0.6) is 0 Å². The molecule has 1 unspecified atom stereocenters. The van der Waals surface area contributed by atoms with Gasteiger partial charge in [-0.1, -0.05) is 0 Å². The Bertz CT molecular complexity index is 774. The summed E-state index contributed by atoms with van der Waals surface area (Å²) in [5.41, 5.74) is 6.80. The molecule has 1 atom stereocenters. The predicted molar refractivity (Wildman–Crippen MR) is 84.6 cm³/mol. The van der Waals surface area contributed by atoms with Crippen LogP contribution in [0.4, 0.5) is 17.1 Å². The predicted octanol–water partition coefficient (Wildman–Crippen LogP) is 1.11. The third-order valence-corrected chi connectivity index (χ3v) is 5.08. The first-order valence-electron chi connectivity index (χ1n) is 6.14. The van der Waals surface area contributed by atoms with Gasteiger partial charge in [0.2, 0.25) is 10.0 Å². The van der Waals surface area contributed by atoms with E-state index in [1.165, 1.54) is 31.3 Å². The van der Waals surface area contributed by atoms with Crippen LogP contribution < -0.4 is 14.8 Å². The van der Waals surface area contributed by atoms with Gasteiger partial charge in [-0.25, -0.2) is 13.1 Å². The highest BCUT2D eigenvalue weighted by Gasteiger charge is 2.14. The molecule has 0 aliphatic carbocycles. The van der Waals surface area contributed by atoms with E-state index in [0.29, 0.717) is 17.1 Å². The minimum absolute atomic E-state index is 0.0488. The number of nitrogens with one attached hydrogen (secondary N) is 1. The average molecular weight is 340 g/mol. The third kappa shape index (κ3) is 3.45. The van der Waals surface area contributed by atoms with E-state index in [-0.39, 0.29) is 4.90 Å². The molecule has 0 fully saturated rings. The maximum absolute atomic E-state index is 11.7. The zero-order valence-electron chi connectivity index (χ0n) is 11.6. The summed E-state index contributed by atoms with van der Waals surface area (Å²) in [5, 5.41) is 0. The van der Waals surface area contributed by atoms with Crippen molar-refractivity contribution in [3.63, 3.8) is 0 Å². The Morgan fingerprint density at radius 1 is 1.05 bits per heavy atom. The van der Waals surface area contributed by atoms with Crippen molar-refractivity contribution in [1.82, 2.24) is 4.72 Å². The summed E-state index contributed by atoms with van der Waals surface area (Å²) >= 11 is -2.56. The van der Waals surface area contributed by atoms with Gasteiger partial charge >= 0.3 is 0 Å². The van der Waals surface area contributed by atoms with Crippen LogP contribution in [-0.4, -0.2) is 24.2 Å². The molecule has 22 heavy (non-hydrogen) atoms. The van der Waals surface area contributed by atoms with E-state index in [1.807, 2.05) is 0 Å². The summed E-state index contributed by atoms with van der Waals surface area (Å²) in [6, 6.07) is 11.8. The van der Waals surface area contributed by atoms with Crippen LogP contribution in [0.25, 0.3) is 0 Å². The smallest absolute Gasteiger partial charge is 0.240 e. The molecule has 0 saturated heterocycles. The maximum Gasteiger partial charge on any atom is 0.240 e. The van der Waals surface area contributed by atoms with Gasteiger partial charge in [-0.2, -0.15) is 0 Å².